The average molecular weight is 266 g/mol. The summed E-state index contributed by atoms with van der Waals surface area (Å²) in [6, 6.07) is 6.68. The van der Waals surface area contributed by atoms with E-state index in [2.05, 4.69) is 5.32 Å². The van der Waals surface area contributed by atoms with Gasteiger partial charge in [-0.3, -0.25) is 10.1 Å². The first-order chi connectivity index (χ1) is 9.13. The summed E-state index contributed by atoms with van der Waals surface area (Å²) < 4.78 is 0. The van der Waals surface area contributed by atoms with Crippen molar-refractivity contribution in [3.05, 3.63) is 39.9 Å². The lowest BCUT2D eigenvalue weighted by atomic mass is 10.1. The van der Waals surface area contributed by atoms with Gasteiger partial charge < -0.3 is 10.4 Å². The van der Waals surface area contributed by atoms with Crippen molar-refractivity contribution in [2.45, 2.75) is 26.2 Å². The first-order valence-electron chi connectivity index (χ1n) is 6.68. The summed E-state index contributed by atoms with van der Waals surface area (Å²) >= 11 is 0. The quantitative estimate of drug-likeness (QED) is 0.408. The molecular formula is C14H22N2O3. The van der Waals surface area contributed by atoms with Crippen molar-refractivity contribution in [1.29, 1.82) is 0 Å². The molecule has 0 bridgehead atoms. The standard InChI is InChI=1S/C14H22N2O3/c1-12(11-17)3-2-9-15-10-8-13-4-6-14(7-5-13)16(18)19/h4-7,12,15,17H,2-3,8-11H2,1H3. The third-order valence-electron chi connectivity index (χ3n) is 3.10. The van der Waals surface area contributed by atoms with Gasteiger partial charge in [-0.1, -0.05) is 19.1 Å². The Balaban J connectivity index is 2.14. The molecule has 1 rings (SSSR count). The summed E-state index contributed by atoms with van der Waals surface area (Å²) in [5, 5.41) is 22.7. The first kappa shape index (κ1) is 15.6. The van der Waals surface area contributed by atoms with E-state index >= 15 is 0 Å². The van der Waals surface area contributed by atoms with Crippen LogP contribution in [-0.4, -0.2) is 29.7 Å². The molecule has 5 heteroatoms. The number of nitrogens with one attached hydrogen (secondary N) is 1. The maximum atomic E-state index is 10.5. The Morgan fingerprint density at radius 2 is 2.00 bits per heavy atom. The van der Waals surface area contributed by atoms with Gasteiger partial charge in [-0.25, -0.2) is 0 Å². The summed E-state index contributed by atoms with van der Waals surface area (Å²) in [5.74, 6) is 0.372. The summed E-state index contributed by atoms with van der Waals surface area (Å²) in [7, 11) is 0. The van der Waals surface area contributed by atoms with Gasteiger partial charge in [-0.05, 0) is 43.8 Å². The van der Waals surface area contributed by atoms with Crippen molar-refractivity contribution in [3.8, 4) is 0 Å². The fourth-order valence-electron chi connectivity index (χ4n) is 1.81. The second-order valence-electron chi connectivity index (χ2n) is 4.85. The molecule has 106 valence electrons. The van der Waals surface area contributed by atoms with Crippen molar-refractivity contribution >= 4 is 5.69 Å². The molecular weight excluding hydrogens is 244 g/mol. The largest absolute Gasteiger partial charge is 0.396 e. The Morgan fingerprint density at radius 3 is 2.58 bits per heavy atom. The van der Waals surface area contributed by atoms with Gasteiger partial charge in [-0.15, -0.1) is 0 Å². The number of nitrogens with zero attached hydrogens (tertiary/aromatic N) is 1. The highest BCUT2D eigenvalue weighted by atomic mass is 16.6. The Morgan fingerprint density at radius 1 is 1.32 bits per heavy atom. The van der Waals surface area contributed by atoms with Crippen molar-refractivity contribution in [2.24, 2.45) is 5.92 Å². The van der Waals surface area contributed by atoms with Gasteiger partial charge in [0.2, 0.25) is 0 Å². The minimum absolute atomic E-state index is 0.134. The van der Waals surface area contributed by atoms with Crippen molar-refractivity contribution in [3.63, 3.8) is 0 Å². The van der Waals surface area contributed by atoms with E-state index in [1.165, 1.54) is 12.1 Å². The minimum atomic E-state index is -0.385. The Hall–Kier alpha value is -1.46. The SMILES string of the molecule is CC(CO)CCCNCCc1ccc([N+](=O)[O-])cc1. The van der Waals surface area contributed by atoms with Crippen molar-refractivity contribution < 1.29 is 10.0 Å². The Bertz CT molecular complexity index is 379. The van der Waals surface area contributed by atoms with Crippen LogP contribution in [0, 0.1) is 16.0 Å². The number of non-ortho nitro benzene ring substituents is 1. The van der Waals surface area contributed by atoms with E-state index < -0.39 is 0 Å². The zero-order valence-corrected chi connectivity index (χ0v) is 11.3. The third-order valence-corrected chi connectivity index (χ3v) is 3.10. The summed E-state index contributed by atoms with van der Waals surface area (Å²) in [5.41, 5.74) is 1.23. The van der Waals surface area contributed by atoms with E-state index in [-0.39, 0.29) is 17.2 Å². The molecule has 0 heterocycles. The van der Waals surface area contributed by atoms with Gasteiger partial charge >= 0.3 is 0 Å². The van der Waals surface area contributed by atoms with Crippen LogP contribution >= 0.6 is 0 Å². The summed E-state index contributed by atoms with van der Waals surface area (Å²) in [4.78, 5) is 10.1. The molecule has 0 radical (unpaired) electrons. The number of nitro benzene ring substituents is 1. The highest BCUT2D eigenvalue weighted by molar-refractivity contribution is 5.32. The lowest BCUT2D eigenvalue weighted by molar-refractivity contribution is -0.384. The molecule has 0 spiro atoms. The predicted molar refractivity (Wildman–Crippen MR) is 75.2 cm³/mol. The van der Waals surface area contributed by atoms with E-state index in [9.17, 15) is 10.1 Å². The maximum absolute atomic E-state index is 10.5. The van der Waals surface area contributed by atoms with E-state index in [1.54, 1.807) is 12.1 Å². The average Bonchev–Trinajstić information content (AvgIpc) is 2.42. The molecule has 1 unspecified atom stereocenters. The third kappa shape index (κ3) is 6.31. The van der Waals surface area contributed by atoms with E-state index in [1.807, 2.05) is 6.92 Å². The van der Waals surface area contributed by atoms with Crippen LogP contribution in [0.5, 0.6) is 0 Å². The number of aliphatic hydroxyl groups is 1. The number of hydrogen-bond acceptors (Lipinski definition) is 4. The molecule has 0 amide bonds. The molecule has 0 saturated heterocycles. The molecule has 19 heavy (non-hydrogen) atoms. The van der Waals surface area contributed by atoms with Crippen LogP contribution in [0.25, 0.3) is 0 Å². The first-order valence-corrected chi connectivity index (χ1v) is 6.68. The van der Waals surface area contributed by atoms with Gasteiger partial charge in [0.1, 0.15) is 0 Å². The van der Waals surface area contributed by atoms with E-state index in [0.717, 1.165) is 37.9 Å². The highest BCUT2D eigenvalue weighted by Gasteiger charge is 2.03. The molecule has 2 N–H and O–H groups in total. The molecule has 1 aromatic rings. The molecule has 1 aromatic carbocycles. The number of rotatable bonds is 9. The predicted octanol–water partition coefficient (Wildman–Crippen LogP) is 2.14. The number of aliphatic hydroxyl groups excluding tert-OH is 1. The molecule has 0 aliphatic carbocycles. The summed E-state index contributed by atoms with van der Waals surface area (Å²) in [6.07, 6.45) is 2.95. The normalized spacial score (nSPS) is 12.3. The minimum Gasteiger partial charge on any atom is -0.396 e. The zero-order valence-electron chi connectivity index (χ0n) is 11.3. The van der Waals surface area contributed by atoms with Gasteiger partial charge in [0, 0.05) is 18.7 Å². The van der Waals surface area contributed by atoms with Crippen LogP contribution in [0.3, 0.4) is 0 Å². The maximum Gasteiger partial charge on any atom is 0.269 e. The van der Waals surface area contributed by atoms with Gasteiger partial charge in [0.05, 0.1) is 4.92 Å². The second-order valence-corrected chi connectivity index (χ2v) is 4.85. The highest BCUT2D eigenvalue weighted by Crippen LogP contribution is 2.11. The molecule has 0 aliphatic rings. The van der Waals surface area contributed by atoms with E-state index in [4.69, 9.17) is 5.11 Å². The smallest absolute Gasteiger partial charge is 0.269 e. The molecule has 0 fully saturated rings. The van der Waals surface area contributed by atoms with Crippen LogP contribution in [0.15, 0.2) is 24.3 Å². The topological polar surface area (TPSA) is 75.4 Å². The van der Waals surface area contributed by atoms with E-state index in [0.29, 0.717) is 5.92 Å². The molecule has 0 saturated carbocycles. The van der Waals surface area contributed by atoms with Crippen LogP contribution in [0.4, 0.5) is 5.69 Å². The number of hydrogen-bond donors (Lipinski definition) is 2. The molecule has 0 aliphatic heterocycles. The fraction of sp³-hybridized carbons (Fsp3) is 0.571. The van der Waals surface area contributed by atoms with Crippen LogP contribution < -0.4 is 5.32 Å². The second kappa shape index (κ2) is 8.61. The zero-order chi connectivity index (χ0) is 14.1. The Labute approximate surface area is 113 Å². The Kier molecular flexibility index (Phi) is 7.07. The molecule has 5 nitrogen and oxygen atoms in total. The lowest BCUT2D eigenvalue weighted by Gasteiger charge is -2.08. The van der Waals surface area contributed by atoms with Crippen LogP contribution in [0.2, 0.25) is 0 Å². The lowest BCUT2D eigenvalue weighted by Crippen LogP contribution is -2.19. The monoisotopic (exact) mass is 266 g/mol. The molecule has 0 aromatic heterocycles. The number of benzene rings is 1. The van der Waals surface area contributed by atoms with Crippen molar-refractivity contribution in [2.75, 3.05) is 19.7 Å². The fourth-order valence-corrected chi connectivity index (χ4v) is 1.81. The molecule has 1 atom stereocenters. The van der Waals surface area contributed by atoms with Gasteiger partial charge in [0.15, 0.2) is 0 Å². The number of nitro groups is 1. The van der Waals surface area contributed by atoms with Crippen molar-refractivity contribution in [1.82, 2.24) is 5.32 Å². The van der Waals surface area contributed by atoms with Gasteiger partial charge in [-0.2, -0.15) is 0 Å². The van der Waals surface area contributed by atoms with Crippen LogP contribution in [0.1, 0.15) is 25.3 Å². The van der Waals surface area contributed by atoms with Gasteiger partial charge in [0.25, 0.3) is 5.69 Å². The summed E-state index contributed by atoms with van der Waals surface area (Å²) in [6.45, 7) is 4.10. The van der Waals surface area contributed by atoms with Crippen LogP contribution in [-0.2, 0) is 6.42 Å².